The number of hydrogen-bond donors (Lipinski definition) is 0. The Bertz CT molecular complexity index is 907. The van der Waals surface area contributed by atoms with E-state index in [1.807, 2.05) is 6.07 Å². The average molecular weight is 330 g/mol. The van der Waals surface area contributed by atoms with Crippen LogP contribution in [-0.2, 0) is 15.6 Å². The van der Waals surface area contributed by atoms with Gasteiger partial charge in [-0.2, -0.15) is 4.68 Å². The van der Waals surface area contributed by atoms with Gasteiger partial charge in [-0.25, -0.2) is 8.42 Å². The molecule has 0 radical (unpaired) electrons. The molecule has 0 fully saturated rings. The number of benzene rings is 2. The van der Waals surface area contributed by atoms with Crippen molar-refractivity contribution in [3.05, 3.63) is 60.2 Å². The summed E-state index contributed by atoms with van der Waals surface area (Å²) in [5.74, 6) is 0.263. The van der Waals surface area contributed by atoms with E-state index in [9.17, 15) is 8.42 Å². The van der Waals surface area contributed by atoms with Gasteiger partial charge in [0, 0.05) is 5.56 Å². The van der Waals surface area contributed by atoms with E-state index < -0.39 is 9.84 Å². The number of methoxy groups -OCH3 is 1. The molecular formula is C15H14N4O3S. The van der Waals surface area contributed by atoms with Crippen molar-refractivity contribution in [3.63, 3.8) is 0 Å². The maximum atomic E-state index is 12.7. The fourth-order valence-electron chi connectivity index (χ4n) is 2.20. The first-order valence-corrected chi connectivity index (χ1v) is 8.45. The summed E-state index contributed by atoms with van der Waals surface area (Å²) < 4.78 is 31.8. The second-order valence-electron chi connectivity index (χ2n) is 4.78. The van der Waals surface area contributed by atoms with Gasteiger partial charge in [-0.3, -0.25) is 0 Å². The van der Waals surface area contributed by atoms with E-state index in [0.29, 0.717) is 17.0 Å². The predicted octanol–water partition coefficient (Wildman–Crippen LogP) is 1.64. The molecule has 23 heavy (non-hydrogen) atoms. The van der Waals surface area contributed by atoms with Crippen LogP contribution < -0.4 is 4.74 Å². The molecule has 7 nitrogen and oxygen atoms in total. The van der Waals surface area contributed by atoms with Crippen LogP contribution in [0, 0.1) is 0 Å². The molecule has 0 saturated heterocycles. The number of nitrogens with zero attached hydrogens (tertiary/aromatic N) is 4. The van der Waals surface area contributed by atoms with Crippen molar-refractivity contribution < 1.29 is 13.2 Å². The first-order valence-electron chi connectivity index (χ1n) is 6.80. The van der Waals surface area contributed by atoms with Crippen molar-refractivity contribution in [1.29, 1.82) is 0 Å². The van der Waals surface area contributed by atoms with Crippen molar-refractivity contribution >= 4 is 9.84 Å². The van der Waals surface area contributed by atoms with Crippen LogP contribution in [0.25, 0.3) is 5.69 Å². The first kappa shape index (κ1) is 15.2. The highest BCUT2D eigenvalue weighted by atomic mass is 32.2. The molecule has 0 aliphatic heterocycles. The average Bonchev–Trinajstić information content (AvgIpc) is 3.06. The third-order valence-electron chi connectivity index (χ3n) is 3.26. The van der Waals surface area contributed by atoms with Crippen LogP contribution in [0.1, 0.15) is 5.56 Å². The minimum Gasteiger partial charge on any atom is -0.496 e. The third-order valence-corrected chi connectivity index (χ3v) is 4.76. The van der Waals surface area contributed by atoms with E-state index in [1.165, 1.54) is 11.8 Å². The molecule has 0 bridgehead atoms. The largest absolute Gasteiger partial charge is 0.496 e. The highest BCUT2D eigenvalue weighted by molar-refractivity contribution is 7.90. The molecule has 118 valence electrons. The van der Waals surface area contributed by atoms with E-state index in [1.54, 1.807) is 48.5 Å². The lowest BCUT2D eigenvalue weighted by Gasteiger charge is -2.09. The van der Waals surface area contributed by atoms with Gasteiger partial charge in [-0.15, -0.1) is 0 Å². The molecule has 0 N–H and O–H groups in total. The summed E-state index contributed by atoms with van der Waals surface area (Å²) in [6.07, 6.45) is 0. The minimum absolute atomic E-state index is 0.199. The van der Waals surface area contributed by atoms with Crippen molar-refractivity contribution in [2.75, 3.05) is 7.11 Å². The second-order valence-corrected chi connectivity index (χ2v) is 6.66. The maximum absolute atomic E-state index is 12.7. The van der Waals surface area contributed by atoms with Gasteiger partial charge in [0.2, 0.25) is 9.84 Å². The molecular weight excluding hydrogens is 316 g/mol. The predicted molar refractivity (Wildman–Crippen MR) is 83.0 cm³/mol. The minimum atomic E-state index is -3.73. The smallest absolute Gasteiger partial charge is 0.272 e. The molecule has 3 rings (SSSR count). The van der Waals surface area contributed by atoms with Gasteiger partial charge in [-0.05, 0) is 28.6 Å². The van der Waals surface area contributed by atoms with Gasteiger partial charge in [0.25, 0.3) is 5.16 Å². The summed E-state index contributed by atoms with van der Waals surface area (Å²) in [6, 6.07) is 15.8. The van der Waals surface area contributed by atoms with Crippen molar-refractivity contribution in [3.8, 4) is 11.4 Å². The van der Waals surface area contributed by atoms with E-state index in [4.69, 9.17) is 4.74 Å². The second kappa shape index (κ2) is 6.17. The number of aromatic nitrogens is 4. The molecule has 0 amide bonds. The number of ether oxygens (including phenoxy) is 1. The Morgan fingerprint density at radius 1 is 1.04 bits per heavy atom. The molecule has 3 aromatic rings. The lowest BCUT2D eigenvalue weighted by Crippen LogP contribution is -2.13. The van der Waals surface area contributed by atoms with Gasteiger partial charge >= 0.3 is 0 Å². The number of hydrogen-bond acceptors (Lipinski definition) is 6. The Morgan fingerprint density at radius 3 is 2.48 bits per heavy atom. The first-order chi connectivity index (χ1) is 11.1. The lowest BCUT2D eigenvalue weighted by atomic mass is 10.2. The highest BCUT2D eigenvalue weighted by Gasteiger charge is 2.25. The molecule has 1 aromatic heterocycles. The van der Waals surface area contributed by atoms with Crippen molar-refractivity contribution in [1.82, 2.24) is 20.2 Å². The van der Waals surface area contributed by atoms with E-state index in [-0.39, 0.29) is 10.9 Å². The molecule has 0 unspecified atom stereocenters. The van der Waals surface area contributed by atoms with Gasteiger partial charge < -0.3 is 4.74 Å². The SMILES string of the molecule is COc1ccccc1CS(=O)(=O)c1nnnn1-c1ccccc1. The van der Waals surface area contributed by atoms with Gasteiger partial charge in [0.05, 0.1) is 18.6 Å². The zero-order valence-corrected chi connectivity index (χ0v) is 13.1. The van der Waals surface area contributed by atoms with Crippen molar-refractivity contribution in [2.45, 2.75) is 10.9 Å². The quantitative estimate of drug-likeness (QED) is 0.707. The molecule has 0 saturated carbocycles. The summed E-state index contributed by atoms with van der Waals surface area (Å²) in [6.45, 7) is 0. The number of para-hydroxylation sites is 2. The zero-order chi connectivity index (χ0) is 16.3. The molecule has 2 aromatic carbocycles. The topological polar surface area (TPSA) is 87.0 Å². The summed E-state index contributed by atoms with van der Waals surface area (Å²) in [7, 11) is -2.24. The number of sulfone groups is 1. The molecule has 0 atom stereocenters. The lowest BCUT2D eigenvalue weighted by molar-refractivity contribution is 0.411. The third kappa shape index (κ3) is 3.07. The van der Waals surface area contributed by atoms with Gasteiger partial charge in [-0.1, -0.05) is 41.5 Å². The molecule has 1 heterocycles. The van der Waals surface area contributed by atoms with E-state index >= 15 is 0 Å². The van der Waals surface area contributed by atoms with Crippen LogP contribution in [0.15, 0.2) is 59.8 Å². The summed E-state index contributed by atoms with van der Waals surface area (Å²) in [4.78, 5) is 0. The monoisotopic (exact) mass is 330 g/mol. The molecule has 0 aliphatic rings. The van der Waals surface area contributed by atoms with E-state index in [2.05, 4.69) is 15.5 Å². The Morgan fingerprint density at radius 2 is 1.74 bits per heavy atom. The zero-order valence-electron chi connectivity index (χ0n) is 12.3. The van der Waals surface area contributed by atoms with Crippen LogP contribution >= 0.6 is 0 Å². The summed E-state index contributed by atoms with van der Waals surface area (Å²) in [5, 5.41) is 10.8. The normalized spacial score (nSPS) is 11.3. The van der Waals surface area contributed by atoms with Crippen molar-refractivity contribution in [2.24, 2.45) is 0 Å². The Balaban J connectivity index is 2.00. The fourth-order valence-corrected chi connectivity index (χ4v) is 3.54. The summed E-state index contributed by atoms with van der Waals surface area (Å²) in [5.41, 5.74) is 1.13. The van der Waals surface area contributed by atoms with E-state index in [0.717, 1.165) is 0 Å². The summed E-state index contributed by atoms with van der Waals surface area (Å²) >= 11 is 0. The van der Waals surface area contributed by atoms with Gasteiger partial charge in [0.15, 0.2) is 0 Å². The fraction of sp³-hybridized carbons (Fsp3) is 0.133. The molecule has 0 aliphatic carbocycles. The highest BCUT2D eigenvalue weighted by Crippen LogP contribution is 2.23. The number of rotatable bonds is 5. The van der Waals surface area contributed by atoms with Crippen LogP contribution in [0.2, 0.25) is 0 Å². The molecule has 0 spiro atoms. The van der Waals surface area contributed by atoms with Crippen LogP contribution in [0.5, 0.6) is 5.75 Å². The Hall–Kier alpha value is -2.74. The van der Waals surface area contributed by atoms with Gasteiger partial charge in [0.1, 0.15) is 5.75 Å². The van der Waals surface area contributed by atoms with Crippen LogP contribution in [-0.4, -0.2) is 35.7 Å². The maximum Gasteiger partial charge on any atom is 0.272 e. The molecule has 8 heteroatoms. The van der Waals surface area contributed by atoms with Crippen LogP contribution in [0.4, 0.5) is 0 Å². The Kier molecular flexibility index (Phi) is 4.07. The standard InChI is InChI=1S/C15H14N4O3S/c1-22-14-10-6-5-7-12(14)11-23(20,21)15-16-17-18-19(15)13-8-3-2-4-9-13/h2-10H,11H2,1H3. The van der Waals surface area contributed by atoms with Crippen LogP contribution in [0.3, 0.4) is 0 Å². The number of tetrazole rings is 1. The Labute approximate surface area is 133 Å².